The maximum absolute atomic E-state index is 10.4. The second kappa shape index (κ2) is 5.06. The van der Waals surface area contributed by atoms with Crippen LogP contribution in [0.15, 0.2) is 0 Å². The highest BCUT2D eigenvalue weighted by atomic mass is 32.2. The molecule has 0 saturated carbocycles. The molecule has 1 aliphatic rings. The summed E-state index contributed by atoms with van der Waals surface area (Å²) in [6.45, 7) is 2.60. The van der Waals surface area contributed by atoms with Crippen molar-refractivity contribution >= 4 is 10.1 Å². The summed E-state index contributed by atoms with van der Waals surface area (Å²) in [5.74, 6) is -0.143. The van der Waals surface area contributed by atoms with Gasteiger partial charge in [0.1, 0.15) is 0 Å². The van der Waals surface area contributed by atoms with Crippen molar-refractivity contribution in [1.82, 2.24) is 4.90 Å². The Morgan fingerprint density at radius 3 is 2.43 bits per heavy atom. The molecule has 1 aliphatic heterocycles. The minimum absolute atomic E-state index is 0.143. The fourth-order valence-electron chi connectivity index (χ4n) is 1.65. The van der Waals surface area contributed by atoms with Crippen LogP contribution in [0.5, 0.6) is 0 Å². The zero-order chi connectivity index (χ0) is 10.6. The second-order valence-corrected chi connectivity index (χ2v) is 5.39. The summed E-state index contributed by atoms with van der Waals surface area (Å²) in [4.78, 5) is 2.19. The summed E-state index contributed by atoms with van der Waals surface area (Å²) in [7, 11) is -3.79. The van der Waals surface area contributed by atoms with Gasteiger partial charge in [0.15, 0.2) is 0 Å². The lowest BCUT2D eigenvalue weighted by molar-refractivity contribution is 0.213. The van der Waals surface area contributed by atoms with E-state index < -0.39 is 10.1 Å². The molecule has 0 aromatic heterocycles. The molecule has 0 atom stereocenters. The number of likely N-dealkylation sites (tertiary alicyclic amines) is 1. The highest BCUT2D eigenvalue weighted by molar-refractivity contribution is 7.85. The molecule has 84 valence electrons. The summed E-state index contributed by atoms with van der Waals surface area (Å²) in [6.07, 6.45) is 2.45. The van der Waals surface area contributed by atoms with Crippen LogP contribution in [0.25, 0.3) is 0 Å². The highest BCUT2D eigenvalue weighted by Crippen LogP contribution is 2.08. The third kappa shape index (κ3) is 4.90. The van der Waals surface area contributed by atoms with E-state index in [9.17, 15) is 8.42 Å². The molecule has 0 spiro atoms. The number of hydrogen-bond donors (Lipinski definition) is 2. The van der Waals surface area contributed by atoms with Crippen LogP contribution in [0.3, 0.4) is 0 Å². The molecular formula is C8H18N2O3S. The zero-order valence-corrected chi connectivity index (χ0v) is 9.04. The first-order valence-corrected chi connectivity index (χ1v) is 6.51. The van der Waals surface area contributed by atoms with Gasteiger partial charge in [0.05, 0.1) is 5.75 Å². The quantitative estimate of drug-likeness (QED) is 0.637. The van der Waals surface area contributed by atoms with Gasteiger partial charge in [-0.05, 0) is 38.9 Å². The maximum Gasteiger partial charge on any atom is 0.264 e. The van der Waals surface area contributed by atoms with E-state index in [2.05, 4.69) is 4.90 Å². The van der Waals surface area contributed by atoms with Crippen LogP contribution in [0.4, 0.5) is 0 Å². The van der Waals surface area contributed by atoms with Crippen molar-refractivity contribution < 1.29 is 13.0 Å². The van der Waals surface area contributed by atoms with Gasteiger partial charge in [-0.1, -0.05) is 0 Å². The monoisotopic (exact) mass is 222 g/mol. The molecule has 0 radical (unpaired) electrons. The van der Waals surface area contributed by atoms with Crippen LogP contribution in [0, 0.1) is 0 Å². The Bertz CT molecular complexity index is 258. The van der Waals surface area contributed by atoms with Crippen molar-refractivity contribution in [2.24, 2.45) is 5.73 Å². The highest BCUT2D eigenvalue weighted by Gasteiger charge is 2.15. The van der Waals surface area contributed by atoms with E-state index in [1.54, 1.807) is 0 Å². The van der Waals surface area contributed by atoms with Crippen molar-refractivity contribution in [3.05, 3.63) is 0 Å². The smallest absolute Gasteiger partial charge is 0.264 e. The van der Waals surface area contributed by atoms with Crippen molar-refractivity contribution in [1.29, 1.82) is 0 Å². The molecule has 0 aromatic rings. The molecule has 0 unspecified atom stereocenters. The van der Waals surface area contributed by atoms with Gasteiger partial charge in [0, 0.05) is 6.04 Å². The third-order valence-electron chi connectivity index (χ3n) is 2.51. The average Bonchev–Trinajstić information content (AvgIpc) is 2.06. The number of nitrogens with two attached hydrogens (primary N) is 1. The molecule has 1 heterocycles. The van der Waals surface area contributed by atoms with E-state index in [1.165, 1.54) is 0 Å². The van der Waals surface area contributed by atoms with E-state index in [-0.39, 0.29) is 5.75 Å². The van der Waals surface area contributed by atoms with E-state index in [4.69, 9.17) is 10.3 Å². The van der Waals surface area contributed by atoms with Crippen LogP contribution in [-0.4, -0.2) is 49.3 Å². The molecule has 3 N–H and O–H groups in total. The van der Waals surface area contributed by atoms with Crippen LogP contribution >= 0.6 is 0 Å². The average molecular weight is 222 g/mol. The Kier molecular flexibility index (Phi) is 4.31. The van der Waals surface area contributed by atoms with Gasteiger partial charge in [-0.25, -0.2) is 0 Å². The van der Waals surface area contributed by atoms with Crippen molar-refractivity contribution in [3.63, 3.8) is 0 Å². The summed E-state index contributed by atoms with van der Waals surface area (Å²) < 4.78 is 29.4. The molecule has 1 rings (SSSR count). The zero-order valence-electron chi connectivity index (χ0n) is 8.22. The number of piperidine rings is 1. The second-order valence-electron chi connectivity index (χ2n) is 3.82. The minimum Gasteiger partial charge on any atom is -0.328 e. The molecule has 1 saturated heterocycles. The first-order valence-electron chi connectivity index (χ1n) is 4.90. The molecule has 1 fully saturated rings. The van der Waals surface area contributed by atoms with E-state index in [0.717, 1.165) is 32.5 Å². The van der Waals surface area contributed by atoms with Crippen LogP contribution in [0.2, 0.25) is 0 Å². The standard InChI is InChI=1S/C8H18N2O3S/c9-8-2-5-10(6-3-8)4-1-7-14(11,12)13/h8H,1-7,9H2,(H,11,12,13). The molecule has 6 heteroatoms. The molecular weight excluding hydrogens is 204 g/mol. The molecule has 0 aliphatic carbocycles. The van der Waals surface area contributed by atoms with Crippen molar-refractivity contribution in [2.45, 2.75) is 25.3 Å². The Morgan fingerprint density at radius 1 is 1.36 bits per heavy atom. The molecule has 14 heavy (non-hydrogen) atoms. The fraction of sp³-hybridized carbons (Fsp3) is 1.00. The first kappa shape index (κ1) is 11.9. The maximum atomic E-state index is 10.4. The van der Waals surface area contributed by atoms with Gasteiger partial charge >= 0.3 is 0 Å². The lowest BCUT2D eigenvalue weighted by Gasteiger charge is -2.29. The van der Waals surface area contributed by atoms with Gasteiger partial charge in [-0.3, -0.25) is 4.55 Å². The van der Waals surface area contributed by atoms with Crippen molar-refractivity contribution in [3.8, 4) is 0 Å². The lowest BCUT2D eigenvalue weighted by atomic mass is 10.1. The predicted octanol–water partition coefficient (Wildman–Crippen LogP) is -0.313. The lowest BCUT2D eigenvalue weighted by Crippen LogP contribution is -2.40. The summed E-state index contributed by atoms with van der Waals surface area (Å²) in [6, 6.07) is 0.299. The summed E-state index contributed by atoms with van der Waals surface area (Å²) in [5, 5.41) is 0. The first-order chi connectivity index (χ1) is 6.47. The van der Waals surface area contributed by atoms with E-state index >= 15 is 0 Å². The van der Waals surface area contributed by atoms with Gasteiger partial charge in [0.25, 0.3) is 10.1 Å². The number of nitrogens with zero attached hydrogens (tertiary/aromatic N) is 1. The van der Waals surface area contributed by atoms with Gasteiger partial charge < -0.3 is 10.6 Å². The van der Waals surface area contributed by atoms with Crippen LogP contribution < -0.4 is 5.73 Å². The minimum atomic E-state index is -3.79. The van der Waals surface area contributed by atoms with Gasteiger partial charge in [0.2, 0.25) is 0 Å². The normalized spacial score (nSPS) is 21.3. The number of hydrogen-bond acceptors (Lipinski definition) is 4. The molecule has 0 amide bonds. The van der Waals surface area contributed by atoms with E-state index in [1.807, 2.05) is 0 Å². The SMILES string of the molecule is NC1CCN(CCCS(=O)(=O)O)CC1. The third-order valence-corrected chi connectivity index (χ3v) is 3.31. The Hall–Kier alpha value is -0.170. The molecule has 5 nitrogen and oxygen atoms in total. The van der Waals surface area contributed by atoms with Crippen LogP contribution in [-0.2, 0) is 10.1 Å². The topological polar surface area (TPSA) is 83.6 Å². The predicted molar refractivity (Wildman–Crippen MR) is 54.7 cm³/mol. The van der Waals surface area contributed by atoms with Gasteiger partial charge in [-0.2, -0.15) is 8.42 Å². The molecule has 0 bridgehead atoms. The Balaban J connectivity index is 2.14. The van der Waals surface area contributed by atoms with Crippen LogP contribution in [0.1, 0.15) is 19.3 Å². The van der Waals surface area contributed by atoms with Crippen molar-refractivity contribution in [2.75, 3.05) is 25.4 Å². The Labute approximate surface area is 85.0 Å². The fourth-order valence-corrected chi connectivity index (χ4v) is 2.14. The molecule has 0 aromatic carbocycles. The van der Waals surface area contributed by atoms with Gasteiger partial charge in [-0.15, -0.1) is 0 Å². The Morgan fingerprint density at radius 2 is 1.93 bits per heavy atom. The summed E-state index contributed by atoms with van der Waals surface area (Å²) in [5.41, 5.74) is 5.73. The summed E-state index contributed by atoms with van der Waals surface area (Å²) >= 11 is 0. The van der Waals surface area contributed by atoms with E-state index in [0.29, 0.717) is 12.5 Å². The number of rotatable bonds is 4. The largest absolute Gasteiger partial charge is 0.328 e.